The van der Waals surface area contributed by atoms with E-state index in [4.69, 9.17) is 0 Å². The van der Waals surface area contributed by atoms with Crippen LogP contribution in [-0.2, 0) is 0 Å². The number of para-hydroxylation sites is 2. The molecule has 0 saturated heterocycles. The Labute approximate surface area is 343 Å². The minimum Gasteiger partial charge on any atom is -0.309 e. The molecule has 276 valence electrons. The molecule has 0 aliphatic rings. The molecule has 12 rings (SSSR count). The number of thiophene rings is 1. The highest BCUT2D eigenvalue weighted by molar-refractivity contribution is 7.26. The van der Waals surface area contributed by atoms with Crippen LogP contribution in [0.4, 0.5) is 0 Å². The molecule has 0 amide bonds. The monoisotopic (exact) mass is 770 g/mol. The standard InChI is InChI=1S/C55H34N2OS/c1-3-11-33(4-2)35-22-27-45-46(30-35)42-15-10-16-43-48-31-36(23-28-51(48)57(53(42)43)55(45)58)34-20-25-38(26-21-34)56-49-18-7-5-12-40(49)47-32-37(24-29-50(47)56)39-14-9-17-44-41-13-6-8-19-52(41)59-54(39)44/h3-32H,1-2H2/b33-11+. The fraction of sp³-hybridized carbons (Fsp3) is 0. The second kappa shape index (κ2) is 12.7. The van der Waals surface area contributed by atoms with E-state index in [2.05, 4.69) is 169 Å². The first-order valence-corrected chi connectivity index (χ1v) is 20.7. The molecule has 3 nitrogen and oxygen atoms in total. The molecule has 0 radical (unpaired) electrons. The Morgan fingerprint density at radius 1 is 0.508 bits per heavy atom. The number of hydrogen-bond acceptors (Lipinski definition) is 2. The Morgan fingerprint density at radius 3 is 2.02 bits per heavy atom. The predicted octanol–water partition coefficient (Wildman–Crippen LogP) is 14.8. The number of pyridine rings is 1. The number of aromatic nitrogens is 2. The molecular formula is C55H34N2OS. The quantitative estimate of drug-likeness (QED) is 0.122. The van der Waals surface area contributed by atoms with Crippen molar-refractivity contribution in [2.75, 3.05) is 0 Å². The van der Waals surface area contributed by atoms with E-state index in [1.807, 2.05) is 40.0 Å². The molecule has 0 bridgehead atoms. The lowest BCUT2D eigenvalue weighted by Gasteiger charge is -2.10. The molecule has 0 fully saturated rings. The van der Waals surface area contributed by atoms with Crippen molar-refractivity contribution in [1.29, 1.82) is 0 Å². The van der Waals surface area contributed by atoms with Crippen molar-refractivity contribution in [1.82, 2.24) is 8.97 Å². The zero-order chi connectivity index (χ0) is 39.4. The predicted molar refractivity (Wildman–Crippen MR) is 254 cm³/mol. The molecule has 0 saturated carbocycles. The number of allylic oxidation sites excluding steroid dienone is 4. The van der Waals surface area contributed by atoms with E-state index < -0.39 is 0 Å². The van der Waals surface area contributed by atoms with E-state index in [0.717, 1.165) is 60.5 Å². The van der Waals surface area contributed by atoms with Gasteiger partial charge in [0.15, 0.2) is 0 Å². The molecule has 0 atom stereocenters. The fourth-order valence-corrected chi connectivity index (χ4v) is 10.8. The van der Waals surface area contributed by atoms with E-state index in [0.29, 0.717) is 5.39 Å². The third-order valence-electron chi connectivity index (χ3n) is 12.2. The molecular weight excluding hydrogens is 737 g/mol. The van der Waals surface area contributed by atoms with Crippen LogP contribution in [0.5, 0.6) is 0 Å². The minimum atomic E-state index is -0.00867. The maximum absolute atomic E-state index is 14.2. The van der Waals surface area contributed by atoms with Gasteiger partial charge < -0.3 is 4.57 Å². The van der Waals surface area contributed by atoms with Gasteiger partial charge in [-0.3, -0.25) is 9.20 Å². The topological polar surface area (TPSA) is 26.4 Å². The Morgan fingerprint density at radius 2 is 1.17 bits per heavy atom. The van der Waals surface area contributed by atoms with Crippen molar-refractivity contribution < 1.29 is 0 Å². The zero-order valence-electron chi connectivity index (χ0n) is 31.9. The lowest BCUT2D eigenvalue weighted by atomic mass is 9.98. The fourth-order valence-electron chi connectivity index (χ4n) is 9.54. The first kappa shape index (κ1) is 33.6. The van der Waals surface area contributed by atoms with Crippen LogP contribution in [0, 0.1) is 0 Å². The van der Waals surface area contributed by atoms with Gasteiger partial charge in [-0.05, 0) is 99.4 Å². The Hall–Kier alpha value is -7.53. The SMILES string of the molecule is C=C/C=C(\C=C)c1ccc2c(=O)n3c4ccc(-c5ccc(-n6c7ccccc7c7cc(-c8cccc9c8sc8ccccc89)ccc76)cc5)cc4c4cccc(c2c1)c43. The van der Waals surface area contributed by atoms with Gasteiger partial charge in [-0.1, -0.05) is 135 Å². The van der Waals surface area contributed by atoms with E-state index in [1.165, 1.54) is 53.1 Å². The molecule has 12 aromatic rings. The summed E-state index contributed by atoms with van der Waals surface area (Å²) in [5, 5.41) is 9.92. The molecule has 0 unspecified atom stereocenters. The summed E-state index contributed by atoms with van der Waals surface area (Å²) >= 11 is 1.87. The number of rotatable bonds is 6. The van der Waals surface area contributed by atoms with Crippen LogP contribution >= 0.6 is 11.3 Å². The highest BCUT2D eigenvalue weighted by atomic mass is 32.1. The van der Waals surface area contributed by atoms with E-state index >= 15 is 0 Å². The van der Waals surface area contributed by atoms with Crippen molar-refractivity contribution in [3.63, 3.8) is 0 Å². The van der Waals surface area contributed by atoms with Crippen LogP contribution in [0.3, 0.4) is 0 Å². The summed E-state index contributed by atoms with van der Waals surface area (Å²) in [6, 6.07) is 58.8. The van der Waals surface area contributed by atoms with Crippen LogP contribution in [-0.4, -0.2) is 8.97 Å². The first-order chi connectivity index (χ1) is 29.1. The van der Waals surface area contributed by atoms with Gasteiger partial charge in [0.05, 0.1) is 22.1 Å². The second-order valence-electron chi connectivity index (χ2n) is 15.3. The van der Waals surface area contributed by atoms with Crippen molar-refractivity contribution in [2.24, 2.45) is 0 Å². The summed E-state index contributed by atoms with van der Waals surface area (Å²) < 4.78 is 6.93. The number of fused-ring (bicyclic) bond motifs is 11. The maximum Gasteiger partial charge on any atom is 0.263 e. The van der Waals surface area contributed by atoms with Crippen molar-refractivity contribution >= 4 is 96.9 Å². The molecule has 0 spiro atoms. The highest BCUT2D eigenvalue weighted by Gasteiger charge is 2.19. The molecule has 8 aromatic carbocycles. The van der Waals surface area contributed by atoms with Crippen LogP contribution < -0.4 is 5.56 Å². The van der Waals surface area contributed by atoms with Crippen molar-refractivity contribution in [2.45, 2.75) is 0 Å². The van der Waals surface area contributed by atoms with Gasteiger partial charge in [0, 0.05) is 58.2 Å². The third-order valence-corrected chi connectivity index (χ3v) is 13.4. The Bertz CT molecular complexity index is 3840. The van der Waals surface area contributed by atoms with Gasteiger partial charge >= 0.3 is 0 Å². The van der Waals surface area contributed by atoms with E-state index in [9.17, 15) is 4.79 Å². The van der Waals surface area contributed by atoms with E-state index in [1.54, 1.807) is 6.08 Å². The molecule has 59 heavy (non-hydrogen) atoms. The van der Waals surface area contributed by atoms with Crippen LogP contribution in [0.25, 0.3) is 113 Å². The molecule has 0 aliphatic carbocycles. The highest BCUT2D eigenvalue weighted by Crippen LogP contribution is 2.42. The first-order valence-electron chi connectivity index (χ1n) is 19.9. The normalized spacial score (nSPS) is 12.4. The number of nitrogens with zero attached hydrogens (tertiary/aromatic N) is 2. The summed E-state index contributed by atoms with van der Waals surface area (Å²) in [5.74, 6) is 0. The molecule has 0 N–H and O–H groups in total. The lowest BCUT2D eigenvalue weighted by molar-refractivity contribution is 1.18. The average molecular weight is 771 g/mol. The average Bonchev–Trinajstić information content (AvgIpc) is 3.95. The van der Waals surface area contributed by atoms with Crippen molar-refractivity contribution in [3.05, 3.63) is 211 Å². The Kier molecular flexibility index (Phi) is 7.25. The third kappa shape index (κ3) is 4.84. The summed E-state index contributed by atoms with van der Waals surface area (Å²) in [6.45, 7) is 7.86. The van der Waals surface area contributed by atoms with Crippen LogP contribution in [0.1, 0.15) is 5.56 Å². The zero-order valence-corrected chi connectivity index (χ0v) is 32.8. The minimum absolute atomic E-state index is 0.00867. The van der Waals surface area contributed by atoms with Gasteiger partial charge in [-0.2, -0.15) is 0 Å². The van der Waals surface area contributed by atoms with Crippen LogP contribution in [0.2, 0.25) is 0 Å². The molecule has 0 aliphatic heterocycles. The van der Waals surface area contributed by atoms with Crippen molar-refractivity contribution in [3.8, 4) is 27.9 Å². The lowest BCUT2D eigenvalue weighted by Crippen LogP contribution is -2.13. The smallest absolute Gasteiger partial charge is 0.263 e. The van der Waals surface area contributed by atoms with Gasteiger partial charge in [0.2, 0.25) is 0 Å². The van der Waals surface area contributed by atoms with Gasteiger partial charge in [0.1, 0.15) is 0 Å². The summed E-state index contributed by atoms with van der Waals surface area (Å²) in [5.41, 5.74) is 12.0. The van der Waals surface area contributed by atoms with Crippen LogP contribution in [0.15, 0.2) is 200 Å². The van der Waals surface area contributed by atoms with Gasteiger partial charge in [-0.15, -0.1) is 11.3 Å². The van der Waals surface area contributed by atoms with Gasteiger partial charge in [-0.25, -0.2) is 0 Å². The maximum atomic E-state index is 14.2. The number of benzene rings is 8. The number of hydrogen-bond donors (Lipinski definition) is 0. The Balaban J connectivity index is 0.967. The largest absolute Gasteiger partial charge is 0.309 e. The van der Waals surface area contributed by atoms with E-state index in [-0.39, 0.29) is 5.56 Å². The second-order valence-corrected chi connectivity index (χ2v) is 16.4. The summed E-state index contributed by atoms with van der Waals surface area (Å²) in [6.07, 6.45) is 5.53. The van der Waals surface area contributed by atoms with Gasteiger partial charge in [0.25, 0.3) is 5.56 Å². The molecule has 4 aromatic heterocycles. The molecule has 4 heteroatoms. The summed E-state index contributed by atoms with van der Waals surface area (Å²) in [4.78, 5) is 14.2. The molecule has 4 heterocycles. The summed E-state index contributed by atoms with van der Waals surface area (Å²) in [7, 11) is 0.